The molecule has 1 aliphatic heterocycles. The van der Waals surface area contributed by atoms with Gasteiger partial charge in [0.15, 0.2) is 0 Å². The monoisotopic (exact) mass is 431 g/mol. The van der Waals surface area contributed by atoms with E-state index in [2.05, 4.69) is 5.32 Å². The number of carboxylic acid groups (broad SMARTS) is 1. The molecule has 0 aliphatic carbocycles. The fourth-order valence-corrected chi connectivity index (χ4v) is 4.69. The van der Waals surface area contributed by atoms with Crippen molar-refractivity contribution in [3.63, 3.8) is 0 Å². The second-order valence-electron chi connectivity index (χ2n) is 5.34. The summed E-state index contributed by atoms with van der Waals surface area (Å²) in [7, 11) is 0. The maximum absolute atomic E-state index is 10.6. The van der Waals surface area contributed by atoms with Crippen LogP contribution in [0.5, 0.6) is 5.75 Å². The van der Waals surface area contributed by atoms with Gasteiger partial charge in [-0.2, -0.15) is 36.7 Å². The fraction of sp³-hybridized carbons (Fsp3) is 0.562. The lowest BCUT2D eigenvalue weighted by Crippen LogP contribution is -2.36. The number of alkyl halides is 3. The van der Waals surface area contributed by atoms with Crippen LogP contribution in [0.3, 0.4) is 0 Å². The summed E-state index contributed by atoms with van der Waals surface area (Å²) < 4.78 is 37.5. The van der Waals surface area contributed by atoms with Gasteiger partial charge >= 0.3 is 12.1 Å². The van der Waals surface area contributed by atoms with E-state index >= 15 is 0 Å². The quantitative estimate of drug-likeness (QED) is 0.684. The van der Waals surface area contributed by atoms with Crippen LogP contribution in [0.1, 0.15) is 5.56 Å². The van der Waals surface area contributed by atoms with Crippen molar-refractivity contribution in [3.8, 4) is 5.75 Å². The molecule has 0 radical (unpaired) electrons. The molecular weight excluding hydrogens is 411 g/mol. The molecule has 1 aromatic rings. The Hall–Kier alpha value is -0.770. The van der Waals surface area contributed by atoms with Crippen molar-refractivity contribution < 1.29 is 27.8 Å². The van der Waals surface area contributed by atoms with Gasteiger partial charge in [-0.1, -0.05) is 23.7 Å². The highest BCUT2D eigenvalue weighted by Gasteiger charge is 2.38. The third-order valence-corrected chi connectivity index (χ3v) is 6.02. The zero-order valence-electron chi connectivity index (χ0n) is 14.1. The number of halogens is 4. The summed E-state index contributed by atoms with van der Waals surface area (Å²) in [5, 5.41) is 11.4. The SMILES string of the molecule is Cc1cccc(Cl)c1OCCNC1CSCCSC1.O=C(O)C(F)(F)F. The number of carboxylic acids is 1. The maximum atomic E-state index is 10.6. The van der Waals surface area contributed by atoms with E-state index in [4.69, 9.17) is 26.2 Å². The van der Waals surface area contributed by atoms with Crippen LogP contribution in [0.15, 0.2) is 18.2 Å². The first-order chi connectivity index (χ1) is 12.2. The Kier molecular flexibility index (Phi) is 10.6. The van der Waals surface area contributed by atoms with Gasteiger partial charge in [0, 0.05) is 35.6 Å². The molecule has 2 rings (SSSR count). The standard InChI is InChI=1S/C14H20ClNOS2.C2HF3O2/c1-11-3-2-4-13(15)14(11)17-6-5-16-12-9-18-7-8-19-10-12;3-2(4,5)1(6)7/h2-4,12,16H,5-10H2,1H3;(H,6,7). The molecule has 1 aliphatic rings. The van der Waals surface area contributed by atoms with Crippen molar-refractivity contribution in [2.75, 3.05) is 36.2 Å². The van der Waals surface area contributed by atoms with Crippen LogP contribution in [0.4, 0.5) is 13.2 Å². The zero-order chi connectivity index (χ0) is 19.6. The van der Waals surface area contributed by atoms with Gasteiger partial charge in [0.2, 0.25) is 0 Å². The second kappa shape index (κ2) is 11.8. The number of hydrogen-bond donors (Lipinski definition) is 2. The second-order valence-corrected chi connectivity index (χ2v) is 8.04. The summed E-state index contributed by atoms with van der Waals surface area (Å²) in [4.78, 5) is 8.90. The van der Waals surface area contributed by atoms with E-state index in [9.17, 15) is 13.2 Å². The van der Waals surface area contributed by atoms with Crippen LogP contribution < -0.4 is 10.1 Å². The molecule has 0 spiro atoms. The van der Waals surface area contributed by atoms with Crippen molar-refractivity contribution in [1.82, 2.24) is 5.32 Å². The lowest BCUT2D eigenvalue weighted by Gasteiger charge is -2.16. The lowest BCUT2D eigenvalue weighted by atomic mass is 10.2. The number of benzene rings is 1. The zero-order valence-corrected chi connectivity index (χ0v) is 16.5. The molecule has 1 aromatic carbocycles. The summed E-state index contributed by atoms with van der Waals surface area (Å²) in [6.45, 7) is 3.56. The van der Waals surface area contributed by atoms with Gasteiger partial charge in [-0.15, -0.1) is 0 Å². The summed E-state index contributed by atoms with van der Waals surface area (Å²) in [6.07, 6.45) is -5.08. The van der Waals surface area contributed by atoms with Crippen molar-refractivity contribution in [2.45, 2.75) is 19.1 Å². The van der Waals surface area contributed by atoms with E-state index in [-0.39, 0.29) is 0 Å². The number of aliphatic carboxylic acids is 1. The molecule has 148 valence electrons. The summed E-state index contributed by atoms with van der Waals surface area (Å²) >= 11 is 10.2. The van der Waals surface area contributed by atoms with Crippen molar-refractivity contribution in [2.24, 2.45) is 0 Å². The number of para-hydroxylation sites is 1. The van der Waals surface area contributed by atoms with Gasteiger partial charge in [-0.25, -0.2) is 4.79 Å². The first-order valence-corrected chi connectivity index (χ1v) is 10.5. The number of rotatable bonds is 5. The molecular formula is C16H21ClF3NO3S2. The van der Waals surface area contributed by atoms with E-state index < -0.39 is 12.1 Å². The third kappa shape index (κ3) is 9.25. The highest BCUT2D eigenvalue weighted by atomic mass is 35.5. The van der Waals surface area contributed by atoms with Crippen molar-refractivity contribution in [3.05, 3.63) is 28.8 Å². The van der Waals surface area contributed by atoms with Gasteiger partial charge in [0.05, 0.1) is 5.02 Å². The number of carbonyl (C=O) groups is 1. The van der Waals surface area contributed by atoms with Gasteiger partial charge in [-0.05, 0) is 18.6 Å². The normalized spacial score (nSPS) is 15.6. The summed E-state index contributed by atoms with van der Waals surface area (Å²) in [5.74, 6) is 3.02. The van der Waals surface area contributed by atoms with Crippen LogP contribution in [0.25, 0.3) is 0 Å². The first-order valence-electron chi connectivity index (χ1n) is 7.78. The highest BCUT2D eigenvalue weighted by Crippen LogP contribution is 2.27. The van der Waals surface area contributed by atoms with Gasteiger partial charge in [-0.3, -0.25) is 0 Å². The Morgan fingerprint density at radius 3 is 2.42 bits per heavy atom. The Bertz CT molecular complexity index is 548. The predicted octanol–water partition coefficient (Wildman–Crippen LogP) is 4.10. The van der Waals surface area contributed by atoms with Crippen molar-refractivity contribution in [1.29, 1.82) is 0 Å². The number of nitrogens with one attached hydrogen (secondary N) is 1. The molecule has 1 saturated heterocycles. The molecule has 2 N–H and O–H groups in total. The molecule has 10 heteroatoms. The molecule has 0 amide bonds. The maximum Gasteiger partial charge on any atom is 0.490 e. The van der Waals surface area contributed by atoms with E-state index in [0.717, 1.165) is 17.9 Å². The Balaban J connectivity index is 0.000000412. The Morgan fingerprint density at radius 1 is 1.35 bits per heavy atom. The van der Waals surface area contributed by atoms with E-state index in [1.54, 1.807) is 0 Å². The smallest absolute Gasteiger partial charge is 0.490 e. The van der Waals surface area contributed by atoms with Crippen LogP contribution in [-0.2, 0) is 4.79 Å². The van der Waals surface area contributed by atoms with Gasteiger partial charge in [0.25, 0.3) is 0 Å². The molecule has 1 heterocycles. The predicted molar refractivity (Wildman–Crippen MR) is 102 cm³/mol. The molecule has 4 nitrogen and oxygen atoms in total. The number of thioether (sulfide) groups is 2. The molecule has 0 aromatic heterocycles. The Morgan fingerprint density at radius 2 is 1.92 bits per heavy atom. The third-order valence-electron chi connectivity index (χ3n) is 3.20. The molecule has 0 bridgehead atoms. The van der Waals surface area contributed by atoms with Crippen LogP contribution in [-0.4, -0.2) is 59.5 Å². The summed E-state index contributed by atoms with van der Waals surface area (Å²) in [6, 6.07) is 6.44. The van der Waals surface area contributed by atoms with Gasteiger partial charge < -0.3 is 15.2 Å². The van der Waals surface area contributed by atoms with Crippen LogP contribution in [0.2, 0.25) is 5.02 Å². The first kappa shape index (κ1) is 23.3. The average molecular weight is 432 g/mol. The number of ether oxygens (including phenoxy) is 1. The van der Waals surface area contributed by atoms with Crippen molar-refractivity contribution >= 4 is 41.1 Å². The van der Waals surface area contributed by atoms with Crippen LogP contribution in [0, 0.1) is 6.92 Å². The molecule has 0 atom stereocenters. The minimum atomic E-state index is -5.08. The van der Waals surface area contributed by atoms with E-state index in [1.165, 1.54) is 23.0 Å². The lowest BCUT2D eigenvalue weighted by molar-refractivity contribution is -0.192. The van der Waals surface area contributed by atoms with E-state index in [1.807, 2.05) is 48.6 Å². The van der Waals surface area contributed by atoms with Crippen LogP contribution >= 0.6 is 35.1 Å². The molecule has 0 saturated carbocycles. The van der Waals surface area contributed by atoms with E-state index in [0.29, 0.717) is 17.7 Å². The number of hydrogen-bond acceptors (Lipinski definition) is 5. The number of aryl methyl sites for hydroxylation is 1. The summed E-state index contributed by atoms with van der Waals surface area (Å²) in [5.41, 5.74) is 1.09. The minimum Gasteiger partial charge on any atom is -0.490 e. The Labute approximate surface area is 164 Å². The molecule has 0 unspecified atom stereocenters. The largest absolute Gasteiger partial charge is 0.490 e. The average Bonchev–Trinajstić information content (AvgIpc) is 2.82. The van der Waals surface area contributed by atoms with Gasteiger partial charge in [0.1, 0.15) is 12.4 Å². The topological polar surface area (TPSA) is 58.6 Å². The molecule has 1 fully saturated rings. The minimum absolute atomic E-state index is 0.605. The fourth-order valence-electron chi connectivity index (χ4n) is 1.95. The highest BCUT2D eigenvalue weighted by molar-refractivity contribution is 8.03. The molecule has 26 heavy (non-hydrogen) atoms.